The SMILES string of the molecule is CCC(C)NCCC(=O)Nc1cc(Cl)ccc1C. The average molecular weight is 269 g/mol. The molecule has 0 heterocycles. The molecule has 0 aliphatic heterocycles. The van der Waals surface area contributed by atoms with Crippen LogP contribution in [-0.4, -0.2) is 18.5 Å². The highest BCUT2D eigenvalue weighted by molar-refractivity contribution is 6.31. The predicted molar refractivity (Wildman–Crippen MR) is 77.2 cm³/mol. The van der Waals surface area contributed by atoms with Crippen molar-refractivity contribution in [2.24, 2.45) is 0 Å². The lowest BCUT2D eigenvalue weighted by Gasteiger charge is -2.12. The summed E-state index contributed by atoms with van der Waals surface area (Å²) in [6.07, 6.45) is 1.53. The zero-order chi connectivity index (χ0) is 13.5. The second-order valence-electron chi connectivity index (χ2n) is 4.52. The fourth-order valence-electron chi connectivity index (χ4n) is 1.52. The lowest BCUT2D eigenvalue weighted by molar-refractivity contribution is -0.116. The van der Waals surface area contributed by atoms with Crippen LogP contribution < -0.4 is 10.6 Å². The van der Waals surface area contributed by atoms with Gasteiger partial charge in [-0.1, -0.05) is 24.6 Å². The minimum Gasteiger partial charge on any atom is -0.326 e. The van der Waals surface area contributed by atoms with E-state index in [0.29, 0.717) is 24.0 Å². The maximum absolute atomic E-state index is 11.8. The van der Waals surface area contributed by atoms with E-state index in [9.17, 15) is 4.79 Å². The summed E-state index contributed by atoms with van der Waals surface area (Å²) in [5.74, 6) is 0.0103. The highest BCUT2D eigenvalue weighted by atomic mass is 35.5. The normalized spacial score (nSPS) is 12.2. The Bertz CT molecular complexity index is 407. The van der Waals surface area contributed by atoms with Crippen LogP contribution in [0.3, 0.4) is 0 Å². The van der Waals surface area contributed by atoms with Crippen molar-refractivity contribution in [3.05, 3.63) is 28.8 Å². The molecular formula is C14H21ClN2O. The van der Waals surface area contributed by atoms with E-state index in [4.69, 9.17) is 11.6 Å². The topological polar surface area (TPSA) is 41.1 Å². The Labute approximate surface area is 114 Å². The van der Waals surface area contributed by atoms with E-state index in [0.717, 1.165) is 17.7 Å². The van der Waals surface area contributed by atoms with Crippen molar-refractivity contribution in [3.63, 3.8) is 0 Å². The number of rotatable bonds is 6. The monoisotopic (exact) mass is 268 g/mol. The molecule has 2 N–H and O–H groups in total. The Kier molecular flexibility index (Phi) is 6.16. The van der Waals surface area contributed by atoms with Crippen LogP contribution in [0.4, 0.5) is 5.69 Å². The van der Waals surface area contributed by atoms with Crippen molar-refractivity contribution in [3.8, 4) is 0 Å². The van der Waals surface area contributed by atoms with E-state index in [2.05, 4.69) is 24.5 Å². The van der Waals surface area contributed by atoms with E-state index >= 15 is 0 Å². The molecule has 0 saturated heterocycles. The number of aryl methyl sites for hydroxylation is 1. The standard InChI is InChI=1S/C14H21ClN2O/c1-4-11(3)16-8-7-14(18)17-13-9-12(15)6-5-10(13)2/h5-6,9,11,16H,4,7-8H2,1-3H3,(H,17,18). The highest BCUT2D eigenvalue weighted by Gasteiger charge is 2.06. The smallest absolute Gasteiger partial charge is 0.225 e. The summed E-state index contributed by atoms with van der Waals surface area (Å²) in [5, 5.41) is 6.80. The van der Waals surface area contributed by atoms with Gasteiger partial charge in [0.05, 0.1) is 0 Å². The number of halogens is 1. The van der Waals surface area contributed by atoms with Crippen LogP contribution in [-0.2, 0) is 4.79 Å². The third kappa shape index (κ3) is 5.07. The molecule has 1 aromatic carbocycles. The summed E-state index contributed by atoms with van der Waals surface area (Å²) in [4.78, 5) is 11.8. The van der Waals surface area contributed by atoms with Gasteiger partial charge in [0.15, 0.2) is 0 Å². The molecule has 0 aliphatic carbocycles. The Morgan fingerprint density at radius 3 is 2.83 bits per heavy atom. The first kappa shape index (κ1) is 15.0. The van der Waals surface area contributed by atoms with Gasteiger partial charge in [-0.05, 0) is 38.0 Å². The Morgan fingerprint density at radius 1 is 1.44 bits per heavy atom. The van der Waals surface area contributed by atoms with Crippen molar-refractivity contribution in [1.29, 1.82) is 0 Å². The van der Waals surface area contributed by atoms with Crippen molar-refractivity contribution < 1.29 is 4.79 Å². The fourth-order valence-corrected chi connectivity index (χ4v) is 1.69. The van der Waals surface area contributed by atoms with Crippen LogP contribution in [0, 0.1) is 6.92 Å². The van der Waals surface area contributed by atoms with Crippen LogP contribution in [0.1, 0.15) is 32.3 Å². The lowest BCUT2D eigenvalue weighted by Crippen LogP contribution is -2.29. The molecule has 3 nitrogen and oxygen atoms in total. The van der Waals surface area contributed by atoms with E-state index in [1.165, 1.54) is 0 Å². The van der Waals surface area contributed by atoms with Crippen molar-refractivity contribution in [2.45, 2.75) is 39.7 Å². The van der Waals surface area contributed by atoms with Crippen LogP contribution in [0.5, 0.6) is 0 Å². The van der Waals surface area contributed by atoms with Crippen LogP contribution in [0.25, 0.3) is 0 Å². The average Bonchev–Trinajstić information content (AvgIpc) is 2.33. The minimum absolute atomic E-state index is 0.0103. The first-order chi connectivity index (χ1) is 8.52. The van der Waals surface area contributed by atoms with Crippen molar-refractivity contribution in [2.75, 3.05) is 11.9 Å². The van der Waals surface area contributed by atoms with Gasteiger partial charge in [-0.15, -0.1) is 0 Å². The number of hydrogen-bond donors (Lipinski definition) is 2. The third-order valence-corrected chi connectivity index (χ3v) is 3.17. The highest BCUT2D eigenvalue weighted by Crippen LogP contribution is 2.20. The van der Waals surface area contributed by atoms with Gasteiger partial charge in [0.1, 0.15) is 0 Å². The molecule has 1 rings (SSSR count). The van der Waals surface area contributed by atoms with Gasteiger partial charge >= 0.3 is 0 Å². The molecule has 1 aromatic rings. The lowest BCUT2D eigenvalue weighted by atomic mass is 10.2. The molecule has 0 aliphatic rings. The van der Waals surface area contributed by atoms with Gasteiger partial charge in [-0.25, -0.2) is 0 Å². The molecule has 1 atom stereocenters. The van der Waals surface area contributed by atoms with E-state index in [1.54, 1.807) is 6.07 Å². The summed E-state index contributed by atoms with van der Waals surface area (Å²) in [6.45, 7) is 6.87. The number of amides is 1. The van der Waals surface area contributed by atoms with E-state index < -0.39 is 0 Å². The third-order valence-electron chi connectivity index (χ3n) is 2.93. The second kappa shape index (κ2) is 7.39. The first-order valence-corrected chi connectivity index (χ1v) is 6.70. The molecule has 0 bridgehead atoms. The molecule has 0 spiro atoms. The summed E-state index contributed by atoms with van der Waals surface area (Å²) in [7, 11) is 0. The zero-order valence-corrected chi connectivity index (χ0v) is 12.0. The predicted octanol–water partition coefficient (Wildman–Crippen LogP) is 3.37. The summed E-state index contributed by atoms with van der Waals surface area (Å²) < 4.78 is 0. The van der Waals surface area contributed by atoms with Crippen LogP contribution in [0.2, 0.25) is 5.02 Å². The Morgan fingerprint density at radius 2 is 2.17 bits per heavy atom. The summed E-state index contributed by atoms with van der Waals surface area (Å²) in [5.41, 5.74) is 1.80. The molecule has 1 unspecified atom stereocenters. The molecule has 1 amide bonds. The quantitative estimate of drug-likeness (QED) is 0.831. The Hall–Kier alpha value is -1.06. The number of benzene rings is 1. The summed E-state index contributed by atoms with van der Waals surface area (Å²) in [6, 6.07) is 5.94. The van der Waals surface area contributed by atoms with Gasteiger partial charge in [0.2, 0.25) is 5.91 Å². The number of carbonyl (C=O) groups is 1. The Balaban J connectivity index is 2.42. The maximum atomic E-state index is 11.8. The van der Waals surface area contributed by atoms with Crippen molar-refractivity contribution >= 4 is 23.2 Å². The molecule has 4 heteroatoms. The molecule has 0 aromatic heterocycles. The molecule has 0 saturated carbocycles. The molecular weight excluding hydrogens is 248 g/mol. The van der Waals surface area contributed by atoms with Gasteiger partial charge in [-0.2, -0.15) is 0 Å². The van der Waals surface area contributed by atoms with Gasteiger partial charge in [0, 0.05) is 29.7 Å². The minimum atomic E-state index is 0.0103. The number of anilines is 1. The maximum Gasteiger partial charge on any atom is 0.225 e. The summed E-state index contributed by atoms with van der Waals surface area (Å²) >= 11 is 5.90. The van der Waals surface area contributed by atoms with E-state index in [-0.39, 0.29) is 5.91 Å². The fraction of sp³-hybridized carbons (Fsp3) is 0.500. The molecule has 18 heavy (non-hydrogen) atoms. The van der Waals surface area contributed by atoms with Gasteiger partial charge < -0.3 is 10.6 Å². The molecule has 0 radical (unpaired) electrons. The number of carbonyl (C=O) groups excluding carboxylic acids is 1. The molecule has 0 fully saturated rings. The second-order valence-corrected chi connectivity index (χ2v) is 4.96. The number of hydrogen-bond acceptors (Lipinski definition) is 2. The van der Waals surface area contributed by atoms with E-state index in [1.807, 2.05) is 19.1 Å². The zero-order valence-electron chi connectivity index (χ0n) is 11.2. The van der Waals surface area contributed by atoms with Crippen LogP contribution >= 0.6 is 11.6 Å². The first-order valence-electron chi connectivity index (χ1n) is 6.32. The van der Waals surface area contributed by atoms with Crippen molar-refractivity contribution in [1.82, 2.24) is 5.32 Å². The number of nitrogens with one attached hydrogen (secondary N) is 2. The van der Waals surface area contributed by atoms with Gasteiger partial charge in [-0.3, -0.25) is 4.79 Å². The van der Waals surface area contributed by atoms with Crippen LogP contribution in [0.15, 0.2) is 18.2 Å². The van der Waals surface area contributed by atoms with Gasteiger partial charge in [0.25, 0.3) is 0 Å². The molecule has 100 valence electrons. The largest absolute Gasteiger partial charge is 0.326 e.